The van der Waals surface area contributed by atoms with Gasteiger partial charge in [0.15, 0.2) is 0 Å². The maximum absolute atomic E-state index is 2.34. The summed E-state index contributed by atoms with van der Waals surface area (Å²) in [5, 5.41) is 2.83. The van der Waals surface area contributed by atoms with E-state index in [4.69, 9.17) is 0 Å². The van der Waals surface area contributed by atoms with Gasteiger partial charge in [-0.15, -0.1) is 0 Å². The van der Waals surface area contributed by atoms with Gasteiger partial charge in [0, 0.05) is 5.92 Å². The highest BCUT2D eigenvalue weighted by Crippen LogP contribution is 2.50. The van der Waals surface area contributed by atoms with E-state index in [1.807, 2.05) is 0 Å². The summed E-state index contributed by atoms with van der Waals surface area (Å²) in [5.74, 6) is 0.522. The second-order valence-corrected chi connectivity index (χ2v) is 6.09. The number of allylic oxidation sites excluding steroid dienone is 8. The van der Waals surface area contributed by atoms with Crippen molar-refractivity contribution in [3.05, 3.63) is 89.1 Å². The molecule has 0 radical (unpaired) electrons. The Bertz CT molecular complexity index is 882. The van der Waals surface area contributed by atoms with Gasteiger partial charge in [-0.25, -0.2) is 0 Å². The zero-order valence-electron chi connectivity index (χ0n) is 11.8. The lowest BCUT2D eigenvalue weighted by Gasteiger charge is -2.32. The number of hydrogen-bond donors (Lipinski definition) is 0. The van der Waals surface area contributed by atoms with Crippen molar-refractivity contribution in [3.63, 3.8) is 0 Å². The molecule has 0 saturated heterocycles. The van der Waals surface area contributed by atoms with Crippen molar-refractivity contribution in [1.29, 1.82) is 0 Å². The van der Waals surface area contributed by atoms with E-state index in [1.54, 1.807) is 5.57 Å². The predicted molar refractivity (Wildman–Crippen MR) is 89.2 cm³/mol. The third kappa shape index (κ3) is 1.45. The van der Waals surface area contributed by atoms with Crippen molar-refractivity contribution in [3.8, 4) is 0 Å². The van der Waals surface area contributed by atoms with E-state index in [9.17, 15) is 0 Å². The van der Waals surface area contributed by atoms with Crippen molar-refractivity contribution in [1.82, 2.24) is 0 Å². The number of fused-ring (bicyclic) bond motifs is 2. The van der Waals surface area contributed by atoms with E-state index in [0.717, 1.165) is 12.8 Å². The van der Waals surface area contributed by atoms with Gasteiger partial charge in [-0.1, -0.05) is 66.8 Å². The second-order valence-electron chi connectivity index (χ2n) is 6.09. The van der Waals surface area contributed by atoms with Gasteiger partial charge >= 0.3 is 0 Å². The fraction of sp³-hybridized carbons (Fsp3) is 0.143. The summed E-state index contributed by atoms with van der Waals surface area (Å²) in [6.45, 7) is 0. The fourth-order valence-corrected chi connectivity index (χ4v) is 4.16. The topological polar surface area (TPSA) is 0 Å². The summed E-state index contributed by atoms with van der Waals surface area (Å²) in [4.78, 5) is 0. The molecule has 5 rings (SSSR count). The maximum Gasteiger partial charge on any atom is 0.0139 e. The molecule has 0 fully saturated rings. The van der Waals surface area contributed by atoms with Crippen molar-refractivity contribution < 1.29 is 0 Å². The van der Waals surface area contributed by atoms with Crippen molar-refractivity contribution >= 4 is 16.3 Å². The van der Waals surface area contributed by atoms with Gasteiger partial charge in [0.2, 0.25) is 0 Å². The lowest BCUT2D eigenvalue weighted by molar-refractivity contribution is 0.817. The highest BCUT2D eigenvalue weighted by molar-refractivity contribution is 6.03. The van der Waals surface area contributed by atoms with Crippen LogP contribution in [0.25, 0.3) is 16.3 Å². The van der Waals surface area contributed by atoms with E-state index < -0.39 is 0 Å². The number of hydrogen-bond acceptors (Lipinski definition) is 0. The normalized spacial score (nSPS) is 22.1. The van der Waals surface area contributed by atoms with Crippen LogP contribution >= 0.6 is 0 Å². The molecule has 0 aliphatic heterocycles. The molecule has 0 aromatic heterocycles. The van der Waals surface area contributed by atoms with Crippen LogP contribution in [-0.2, 0) is 0 Å². The van der Waals surface area contributed by atoms with Crippen LogP contribution in [0.15, 0.2) is 77.9 Å². The van der Waals surface area contributed by atoms with Crippen molar-refractivity contribution in [2.75, 3.05) is 0 Å². The molecule has 0 bridgehead atoms. The molecule has 0 amide bonds. The molecule has 0 saturated carbocycles. The first-order valence-electron chi connectivity index (χ1n) is 7.72. The van der Waals surface area contributed by atoms with E-state index in [-0.39, 0.29) is 0 Å². The molecular weight excluding hydrogens is 252 g/mol. The van der Waals surface area contributed by atoms with Gasteiger partial charge in [-0.05, 0) is 51.5 Å². The molecule has 0 heterocycles. The van der Waals surface area contributed by atoms with Crippen molar-refractivity contribution in [2.24, 2.45) is 0 Å². The highest BCUT2D eigenvalue weighted by Gasteiger charge is 2.31. The fourth-order valence-electron chi connectivity index (χ4n) is 4.16. The molecule has 3 aliphatic rings. The van der Waals surface area contributed by atoms with Crippen LogP contribution in [0, 0.1) is 0 Å². The lowest BCUT2D eigenvalue weighted by atomic mass is 9.71. The number of rotatable bonds is 0. The van der Waals surface area contributed by atoms with Gasteiger partial charge in [0.05, 0.1) is 0 Å². The molecule has 2 aromatic rings. The van der Waals surface area contributed by atoms with Crippen LogP contribution in [0.3, 0.4) is 0 Å². The molecule has 100 valence electrons. The Kier molecular flexibility index (Phi) is 2.20. The van der Waals surface area contributed by atoms with Crippen LogP contribution in [-0.4, -0.2) is 0 Å². The van der Waals surface area contributed by atoms with E-state index in [1.165, 1.54) is 33.0 Å². The maximum atomic E-state index is 2.34. The monoisotopic (exact) mass is 268 g/mol. The SMILES string of the molecule is C1=CCC2C3=C(C=CCC3=C1)c1cccc3cccc2c13. The minimum Gasteiger partial charge on any atom is -0.0836 e. The van der Waals surface area contributed by atoms with Gasteiger partial charge in [0.1, 0.15) is 0 Å². The summed E-state index contributed by atoms with van der Waals surface area (Å²) in [6.07, 6.45) is 13.7. The van der Waals surface area contributed by atoms with E-state index in [2.05, 4.69) is 66.8 Å². The van der Waals surface area contributed by atoms with Gasteiger partial charge < -0.3 is 0 Å². The molecule has 21 heavy (non-hydrogen) atoms. The quantitative estimate of drug-likeness (QED) is 0.588. The van der Waals surface area contributed by atoms with Crippen LogP contribution in [0.5, 0.6) is 0 Å². The predicted octanol–water partition coefficient (Wildman–Crippen LogP) is 5.54. The Morgan fingerprint density at radius 3 is 2.81 bits per heavy atom. The Morgan fingerprint density at radius 2 is 1.86 bits per heavy atom. The molecule has 0 nitrogen and oxygen atoms in total. The first-order valence-corrected chi connectivity index (χ1v) is 7.72. The van der Waals surface area contributed by atoms with Gasteiger partial charge in [0.25, 0.3) is 0 Å². The average Bonchev–Trinajstić information content (AvgIpc) is 2.76. The smallest absolute Gasteiger partial charge is 0.0139 e. The Balaban J connectivity index is 1.96. The first kappa shape index (κ1) is 11.3. The van der Waals surface area contributed by atoms with Gasteiger partial charge in [-0.2, -0.15) is 0 Å². The summed E-state index contributed by atoms with van der Waals surface area (Å²) in [5.41, 5.74) is 7.43. The van der Waals surface area contributed by atoms with E-state index in [0.29, 0.717) is 5.92 Å². The molecule has 0 N–H and O–H groups in total. The third-order valence-electron chi connectivity index (χ3n) is 5.01. The molecule has 1 unspecified atom stereocenters. The Hall–Kier alpha value is -2.34. The Morgan fingerprint density at radius 1 is 0.952 bits per heavy atom. The largest absolute Gasteiger partial charge is 0.0836 e. The van der Waals surface area contributed by atoms with Crippen LogP contribution < -0.4 is 0 Å². The average molecular weight is 268 g/mol. The number of benzene rings is 2. The van der Waals surface area contributed by atoms with Gasteiger partial charge in [-0.3, -0.25) is 0 Å². The lowest BCUT2D eigenvalue weighted by Crippen LogP contribution is -2.13. The zero-order valence-corrected chi connectivity index (χ0v) is 11.8. The standard InChI is InChI=1S/C21H16/c1-2-10-16-17-11-4-8-15-9-5-13-19(21(15)17)18-12-3-7-14(6-1)20(16)18/h1-6,8-9,11-13,16H,7,10H2. The molecule has 0 spiro atoms. The van der Waals surface area contributed by atoms with Crippen LogP contribution in [0.4, 0.5) is 0 Å². The van der Waals surface area contributed by atoms with Crippen LogP contribution in [0.1, 0.15) is 29.9 Å². The molecular formula is C21H16. The minimum atomic E-state index is 0.522. The second kappa shape index (κ2) is 4.08. The summed E-state index contributed by atoms with van der Waals surface area (Å²) in [6, 6.07) is 13.5. The Labute approximate surface area is 124 Å². The third-order valence-corrected chi connectivity index (χ3v) is 5.01. The highest BCUT2D eigenvalue weighted by atomic mass is 14.3. The minimum absolute atomic E-state index is 0.522. The summed E-state index contributed by atoms with van der Waals surface area (Å²) in [7, 11) is 0. The summed E-state index contributed by atoms with van der Waals surface area (Å²) < 4.78 is 0. The van der Waals surface area contributed by atoms with E-state index >= 15 is 0 Å². The molecule has 2 aromatic carbocycles. The first-order chi connectivity index (χ1) is 10.4. The molecule has 0 heteroatoms. The summed E-state index contributed by atoms with van der Waals surface area (Å²) >= 11 is 0. The molecule has 3 aliphatic carbocycles. The van der Waals surface area contributed by atoms with Crippen molar-refractivity contribution in [2.45, 2.75) is 18.8 Å². The molecule has 1 atom stereocenters. The zero-order chi connectivity index (χ0) is 13.8. The van der Waals surface area contributed by atoms with Crippen LogP contribution in [0.2, 0.25) is 0 Å².